The lowest BCUT2D eigenvalue weighted by Crippen LogP contribution is -2.19. The summed E-state index contributed by atoms with van der Waals surface area (Å²) >= 11 is 6.01. The number of benzene rings is 2. The van der Waals surface area contributed by atoms with Crippen molar-refractivity contribution in [3.63, 3.8) is 0 Å². The highest BCUT2D eigenvalue weighted by Crippen LogP contribution is 2.39. The van der Waals surface area contributed by atoms with Gasteiger partial charge in [-0.25, -0.2) is 4.79 Å². The summed E-state index contributed by atoms with van der Waals surface area (Å²) in [7, 11) is 4.52. The molecular weight excluding hydrogens is 320 g/mol. The zero-order valence-electron chi connectivity index (χ0n) is 13.0. The molecule has 0 aliphatic carbocycles. The number of amides is 2. The number of para-hydroxylation sites is 1. The molecule has 2 aromatic carbocycles. The third-order valence-electron chi connectivity index (χ3n) is 3.04. The Bertz CT molecular complexity index is 681. The molecule has 0 unspecified atom stereocenters. The third kappa shape index (κ3) is 3.98. The Morgan fingerprint density at radius 1 is 0.957 bits per heavy atom. The van der Waals surface area contributed by atoms with Gasteiger partial charge in [0.05, 0.1) is 37.7 Å². The van der Waals surface area contributed by atoms with Gasteiger partial charge in [-0.3, -0.25) is 0 Å². The van der Waals surface area contributed by atoms with Crippen LogP contribution in [0.25, 0.3) is 0 Å². The Balaban J connectivity index is 2.19. The van der Waals surface area contributed by atoms with E-state index >= 15 is 0 Å². The molecule has 0 atom stereocenters. The van der Waals surface area contributed by atoms with Crippen LogP contribution < -0.4 is 24.8 Å². The molecule has 2 rings (SSSR count). The molecule has 122 valence electrons. The molecule has 0 fully saturated rings. The van der Waals surface area contributed by atoms with Crippen molar-refractivity contribution in [2.45, 2.75) is 0 Å². The number of methoxy groups -OCH3 is 3. The van der Waals surface area contributed by atoms with Crippen LogP contribution in [0.5, 0.6) is 17.2 Å². The van der Waals surface area contributed by atoms with E-state index in [0.717, 1.165) is 0 Å². The number of anilines is 2. The van der Waals surface area contributed by atoms with Gasteiger partial charge < -0.3 is 24.8 Å². The van der Waals surface area contributed by atoms with Crippen LogP contribution >= 0.6 is 11.6 Å². The maximum atomic E-state index is 12.1. The first-order valence-corrected chi connectivity index (χ1v) is 7.09. The van der Waals surface area contributed by atoms with Gasteiger partial charge >= 0.3 is 6.03 Å². The highest BCUT2D eigenvalue weighted by molar-refractivity contribution is 6.33. The van der Waals surface area contributed by atoms with Crippen molar-refractivity contribution in [1.29, 1.82) is 0 Å². The van der Waals surface area contributed by atoms with Crippen LogP contribution in [0.4, 0.5) is 16.2 Å². The fraction of sp³-hybridized carbons (Fsp3) is 0.188. The minimum absolute atomic E-state index is 0.438. The average molecular weight is 337 g/mol. The molecule has 0 saturated heterocycles. The monoisotopic (exact) mass is 336 g/mol. The maximum absolute atomic E-state index is 12.1. The number of nitrogens with one attached hydrogen (secondary N) is 2. The number of carbonyl (C=O) groups is 1. The third-order valence-corrected chi connectivity index (χ3v) is 3.37. The van der Waals surface area contributed by atoms with Gasteiger partial charge in [0.2, 0.25) is 5.75 Å². The van der Waals surface area contributed by atoms with E-state index in [1.54, 1.807) is 36.4 Å². The lowest BCUT2D eigenvalue weighted by Gasteiger charge is -2.15. The number of carbonyl (C=O) groups excluding carboxylic acids is 1. The van der Waals surface area contributed by atoms with E-state index in [1.165, 1.54) is 21.3 Å². The van der Waals surface area contributed by atoms with E-state index in [-0.39, 0.29) is 0 Å². The van der Waals surface area contributed by atoms with Crippen LogP contribution in [0.1, 0.15) is 0 Å². The van der Waals surface area contributed by atoms with Crippen molar-refractivity contribution < 1.29 is 19.0 Å². The van der Waals surface area contributed by atoms with E-state index in [9.17, 15) is 4.79 Å². The number of hydrogen-bond donors (Lipinski definition) is 2. The minimum Gasteiger partial charge on any atom is -0.493 e. The molecule has 0 aromatic heterocycles. The van der Waals surface area contributed by atoms with E-state index in [2.05, 4.69) is 10.6 Å². The predicted molar refractivity (Wildman–Crippen MR) is 90.2 cm³/mol. The summed E-state index contributed by atoms with van der Waals surface area (Å²) in [4.78, 5) is 12.1. The van der Waals surface area contributed by atoms with Crippen molar-refractivity contribution in [3.05, 3.63) is 41.4 Å². The Labute approximate surface area is 139 Å². The van der Waals surface area contributed by atoms with Gasteiger partial charge in [-0.2, -0.15) is 0 Å². The van der Waals surface area contributed by atoms with Crippen LogP contribution in [-0.4, -0.2) is 27.4 Å². The minimum atomic E-state index is -0.438. The molecule has 23 heavy (non-hydrogen) atoms. The van der Waals surface area contributed by atoms with Crippen molar-refractivity contribution in [3.8, 4) is 17.2 Å². The van der Waals surface area contributed by atoms with E-state index < -0.39 is 6.03 Å². The van der Waals surface area contributed by atoms with Crippen molar-refractivity contribution in [1.82, 2.24) is 0 Å². The van der Waals surface area contributed by atoms with Gasteiger partial charge in [0.15, 0.2) is 11.5 Å². The fourth-order valence-electron chi connectivity index (χ4n) is 2.00. The second-order valence-corrected chi connectivity index (χ2v) is 4.88. The van der Waals surface area contributed by atoms with E-state index in [4.69, 9.17) is 25.8 Å². The molecule has 0 bridgehead atoms. The molecule has 7 heteroatoms. The van der Waals surface area contributed by atoms with Gasteiger partial charge in [0.1, 0.15) is 0 Å². The first kappa shape index (κ1) is 16.8. The number of hydrogen-bond acceptors (Lipinski definition) is 4. The molecule has 2 amide bonds. The normalized spacial score (nSPS) is 9.91. The predicted octanol–water partition coefficient (Wildman–Crippen LogP) is 4.01. The maximum Gasteiger partial charge on any atom is 0.323 e. The van der Waals surface area contributed by atoms with Crippen LogP contribution in [0.15, 0.2) is 36.4 Å². The smallest absolute Gasteiger partial charge is 0.323 e. The van der Waals surface area contributed by atoms with Gasteiger partial charge in [0.25, 0.3) is 0 Å². The van der Waals surface area contributed by atoms with Crippen LogP contribution in [-0.2, 0) is 0 Å². The van der Waals surface area contributed by atoms with Crippen molar-refractivity contribution in [2.75, 3.05) is 32.0 Å². The van der Waals surface area contributed by atoms with Gasteiger partial charge in [-0.15, -0.1) is 0 Å². The topological polar surface area (TPSA) is 68.8 Å². The average Bonchev–Trinajstić information content (AvgIpc) is 2.55. The lowest BCUT2D eigenvalue weighted by molar-refractivity contribution is 0.262. The SMILES string of the molecule is COc1cc(NC(=O)Nc2ccccc2Cl)cc(OC)c1OC. The van der Waals surface area contributed by atoms with Crippen LogP contribution in [0.3, 0.4) is 0 Å². The Hall–Kier alpha value is -2.60. The number of rotatable bonds is 5. The largest absolute Gasteiger partial charge is 0.493 e. The zero-order chi connectivity index (χ0) is 16.8. The van der Waals surface area contributed by atoms with Gasteiger partial charge in [-0.1, -0.05) is 23.7 Å². The second-order valence-electron chi connectivity index (χ2n) is 4.47. The Morgan fingerprint density at radius 2 is 1.57 bits per heavy atom. The van der Waals surface area contributed by atoms with Crippen molar-refractivity contribution in [2.24, 2.45) is 0 Å². The Morgan fingerprint density at radius 3 is 2.09 bits per heavy atom. The number of halogens is 1. The second kappa shape index (κ2) is 7.60. The molecule has 0 spiro atoms. The summed E-state index contributed by atoms with van der Waals surface area (Å²) < 4.78 is 15.7. The first-order valence-electron chi connectivity index (χ1n) is 6.71. The quantitative estimate of drug-likeness (QED) is 0.865. The van der Waals surface area contributed by atoms with Crippen molar-refractivity contribution >= 4 is 29.0 Å². The molecule has 0 radical (unpaired) electrons. The summed E-state index contributed by atoms with van der Waals surface area (Å²) in [6.45, 7) is 0. The molecule has 6 nitrogen and oxygen atoms in total. The van der Waals surface area contributed by atoms with Gasteiger partial charge in [0, 0.05) is 12.1 Å². The number of urea groups is 1. The fourth-order valence-corrected chi connectivity index (χ4v) is 2.18. The molecule has 2 N–H and O–H groups in total. The molecular formula is C16H17ClN2O4. The van der Waals surface area contributed by atoms with Crippen LogP contribution in [0.2, 0.25) is 5.02 Å². The zero-order valence-corrected chi connectivity index (χ0v) is 13.7. The Kier molecular flexibility index (Phi) is 5.54. The van der Waals surface area contributed by atoms with Gasteiger partial charge in [-0.05, 0) is 12.1 Å². The number of ether oxygens (including phenoxy) is 3. The molecule has 2 aromatic rings. The summed E-state index contributed by atoms with van der Waals surface area (Å²) in [5, 5.41) is 5.81. The first-order chi connectivity index (χ1) is 11.1. The molecule has 0 aliphatic heterocycles. The molecule has 0 aliphatic rings. The van der Waals surface area contributed by atoms with E-state index in [0.29, 0.717) is 33.6 Å². The lowest BCUT2D eigenvalue weighted by atomic mass is 10.2. The summed E-state index contributed by atoms with van der Waals surface area (Å²) in [6, 6.07) is 9.78. The summed E-state index contributed by atoms with van der Waals surface area (Å²) in [6.07, 6.45) is 0. The highest BCUT2D eigenvalue weighted by atomic mass is 35.5. The molecule has 0 heterocycles. The summed E-state index contributed by atoms with van der Waals surface area (Å²) in [5.41, 5.74) is 1.00. The standard InChI is InChI=1S/C16H17ClN2O4/c1-21-13-8-10(9-14(22-2)15(13)23-3)18-16(20)19-12-7-5-4-6-11(12)17/h4-9H,1-3H3,(H2,18,19,20). The highest BCUT2D eigenvalue weighted by Gasteiger charge is 2.14. The molecule has 0 saturated carbocycles. The van der Waals surface area contributed by atoms with Crippen LogP contribution in [0, 0.1) is 0 Å². The summed E-state index contributed by atoms with van der Waals surface area (Å²) in [5.74, 6) is 1.34. The van der Waals surface area contributed by atoms with E-state index in [1.807, 2.05) is 0 Å².